The topological polar surface area (TPSA) is 82.8 Å². The molecule has 0 unspecified atom stereocenters. The standard InChI is InChI=1S/C14H14N2O3S/c1-9(17)20-7-3-2-4-10-5-6-12-11(8-10)13(18)16-14(19)15-12/h2,4-6,8H,3,7H2,1H3,(H2,15,16,18,19). The molecule has 0 saturated heterocycles. The van der Waals surface area contributed by atoms with E-state index in [4.69, 9.17) is 0 Å². The van der Waals surface area contributed by atoms with Crippen molar-refractivity contribution in [3.8, 4) is 0 Å². The average Bonchev–Trinajstić information content (AvgIpc) is 2.38. The molecule has 0 radical (unpaired) electrons. The molecule has 5 nitrogen and oxygen atoms in total. The average molecular weight is 290 g/mol. The first-order valence-electron chi connectivity index (χ1n) is 6.12. The van der Waals surface area contributed by atoms with Crippen molar-refractivity contribution >= 4 is 33.9 Å². The summed E-state index contributed by atoms with van der Waals surface area (Å²) in [5, 5.41) is 0.560. The molecule has 20 heavy (non-hydrogen) atoms. The molecular formula is C14H14N2O3S. The molecule has 0 bridgehead atoms. The number of carbonyl (C=O) groups is 1. The molecule has 6 heteroatoms. The van der Waals surface area contributed by atoms with Crippen LogP contribution in [0.2, 0.25) is 0 Å². The fourth-order valence-electron chi connectivity index (χ4n) is 1.78. The minimum absolute atomic E-state index is 0.111. The van der Waals surface area contributed by atoms with E-state index in [2.05, 4.69) is 9.97 Å². The number of rotatable bonds is 4. The van der Waals surface area contributed by atoms with Gasteiger partial charge in [0.05, 0.1) is 10.9 Å². The zero-order valence-electron chi connectivity index (χ0n) is 10.9. The van der Waals surface area contributed by atoms with Gasteiger partial charge in [-0.25, -0.2) is 4.79 Å². The van der Waals surface area contributed by atoms with Gasteiger partial charge in [0.25, 0.3) is 5.56 Å². The predicted octanol–water partition coefficient (Wildman–Crippen LogP) is 1.90. The lowest BCUT2D eigenvalue weighted by molar-refractivity contribution is -0.109. The Balaban J connectivity index is 2.16. The van der Waals surface area contributed by atoms with Gasteiger partial charge in [0, 0.05) is 12.7 Å². The van der Waals surface area contributed by atoms with E-state index in [0.717, 1.165) is 17.7 Å². The van der Waals surface area contributed by atoms with Crippen molar-refractivity contribution in [3.05, 3.63) is 50.7 Å². The Morgan fingerprint density at radius 2 is 2.10 bits per heavy atom. The summed E-state index contributed by atoms with van der Waals surface area (Å²) in [6, 6.07) is 5.25. The zero-order valence-corrected chi connectivity index (χ0v) is 11.8. The van der Waals surface area contributed by atoms with E-state index in [1.54, 1.807) is 19.1 Å². The van der Waals surface area contributed by atoms with Gasteiger partial charge in [0.2, 0.25) is 0 Å². The van der Waals surface area contributed by atoms with E-state index in [1.807, 2.05) is 18.2 Å². The third kappa shape index (κ3) is 3.71. The van der Waals surface area contributed by atoms with Crippen LogP contribution in [0.4, 0.5) is 0 Å². The number of carbonyl (C=O) groups excluding carboxylic acids is 1. The van der Waals surface area contributed by atoms with Crippen LogP contribution in [0, 0.1) is 0 Å². The third-order valence-corrected chi connectivity index (χ3v) is 3.51. The van der Waals surface area contributed by atoms with Crippen molar-refractivity contribution in [2.75, 3.05) is 5.75 Å². The Labute approximate surface area is 119 Å². The van der Waals surface area contributed by atoms with Crippen molar-refractivity contribution in [1.29, 1.82) is 0 Å². The molecule has 0 aliphatic carbocycles. The molecule has 0 spiro atoms. The van der Waals surface area contributed by atoms with Gasteiger partial charge in [-0.1, -0.05) is 30.0 Å². The fraction of sp³-hybridized carbons (Fsp3) is 0.214. The minimum atomic E-state index is -0.507. The Kier molecular flexibility index (Phi) is 4.57. The number of aromatic amines is 2. The van der Waals surface area contributed by atoms with E-state index in [9.17, 15) is 14.4 Å². The van der Waals surface area contributed by atoms with Crippen molar-refractivity contribution in [1.82, 2.24) is 9.97 Å². The first kappa shape index (κ1) is 14.3. The summed E-state index contributed by atoms with van der Waals surface area (Å²) >= 11 is 1.29. The summed E-state index contributed by atoms with van der Waals surface area (Å²) in [5.41, 5.74) is 0.490. The summed E-state index contributed by atoms with van der Waals surface area (Å²) in [7, 11) is 0. The number of allylic oxidation sites excluding steroid dienone is 1. The molecule has 1 aromatic carbocycles. The Hall–Kier alpha value is -2.08. The SMILES string of the molecule is CC(=O)SCCC=Cc1ccc2[nH]c(=O)[nH]c(=O)c2c1. The largest absolute Gasteiger partial charge is 0.326 e. The van der Waals surface area contributed by atoms with Crippen LogP contribution in [0.15, 0.2) is 33.9 Å². The molecule has 2 rings (SSSR count). The molecule has 1 aromatic heterocycles. The van der Waals surface area contributed by atoms with E-state index in [-0.39, 0.29) is 5.12 Å². The number of nitrogens with one attached hydrogen (secondary N) is 2. The van der Waals surface area contributed by atoms with Crippen LogP contribution in [-0.4, -0.2) is 20.8 Å². The van der Waals surface area contributed by atoms with Gasteiger partial charge in [-0.3, -0.25) is 14.6 Å². The second kappa shape index (κ2) is 6.38. The molecule has 1 heterocycles. The van der Waals surface area contributed by atoms with E-state index in [0.29, 0.717) is 10.9 Å². The Bertz CT molecular complexity index is 774. The van der Waals surface area contributed by atoms with Crippen LogP contribution < -0.4 is 11.2 Å². The maximum atomic E-state index is 11.7. The fourth-order valence-corrected chi connectivity index (χ4v) is 2.32. The highest BCUT2D eigenvalue weighted by Gasteiger charge is 2.00. The molecule has 0 fully saturated rings. The van der Waals surface area contributed by atoms with Crippen molar-refractivity contribution in [2.45, 2.75) is 13.3 Å². The number of fused-ring (bicyclic) bond motifs is 1. The summed E-state index contributed by atoms with van der Waals surface area (Å²) in [4.78, 5) is 38.3. The maximum absolute atomic E-state index is 11.7. The number of hydrogen-bond acceptors (Lipinski definition) is 4. The van der Waals surface area contributed by atoms with Crippen molar-refractivity contribution < 1.29 is 4.79 Å². The predicted molar refractivity (Wildman–Crippen MR) is 82.0 cm³/mol. The van der Waals surface area contributed by atoms with Crippen molar-refractivity contribution in [2.24, 2.45) is 0 Å². The molecular weight excluding hydrogens is 276 g/mol. The van der Waals surface area contributed by atoms with Crippen molar-refractivity contribution in [3.63, 3.8) is 0 Å². The van der Waals surface area contributed by atoms with Gasteiger partial charge in [0.15, 0.2) is 5.12 Å². The van der Waals surface area contributed by atoms with Gasteiger partial charge in [-0.2, -0.15) is 0 Å². The molecule has 104 valence electrons. The Morgan fingerprint density at radius 3 is 2.85 bits per heavy atom. The van der Waals surface area contributed by atoms with E-state index < -0.39 is 11.2 Å². The molecule has 0 aliphatic heterocycles. The quantitative estimate of drug-likeness (QED) is 0.842. The molecule has 0 saturated carbocycles. The normalized spacial score (nSPS) is 11.2. The molecule has 0 aliphatic rings. The van der Waals surface area contributed by atoms with Crippen LogP contribution in [0.25, 0.3) is 17.0 Å². The first-order chi connectivity index (χ1) is 9.56. The Morgan fingerprint density at radius 1 is 1.30 bits per heavy atom. The smallest absolute Gasteiger partial charge is 0.307 e. The highest BCUT2D eigenvalue weighted by atomic mass is 32.2. The highest BCUT2D eigenvalue weighted by Crippen LogP contribution is 2.11. The van der Waals surface area contributed by atoms with Crippen LogP contribution >= 0.6 is 11.8 Å². The number of benzene rings is 1. The lowest BCUT2D eigenvalue weighted by atomic mass is 10.1. The summed E-state index contributed by atoms with van der Waals surface area (Å²) in [5.74, 6) is 0.743. The summed E-state index contributed by atoms with van der Waals surface area (Å²) in [6.45, 7) is 1.55. The lowest BCUT2D eigenvalue weighted by Gasteiger charge is -1.98. The minimum Gasteiger partial charge on any atom is -0.307 e. The molecule has 0 amide bonds. The molecule has 2 aromatic rings. The molecule has 2 N–H and O–H groups in total. The number of hydrogen-bond donors (Lipinski definition) is 2. The maximum Gasteiger partial charge on any atom is 0.326 e. The second-order valence-electron chi connectivity index (χ2n) is 4.24. The molecule has 0 atom stereocenters. The van der Waals surface area contributed by atoms with E-state index in [1.165, 1.54) is 11.8 Å². The first-order valence-corrected chi connectivity index (χ1v) is 7.11. The van der Waals surface area contributed by atoms with Crippen LogP contribution in [0.3, 0.4) is 0 Å². The second-order valence-corrected chi connectivity index (χ2v) is 5.52. The zero-order chi connectivity index (χ0) is 14.5. The van der Waals surface area contributed by atoms with Gasteiger partial charge >= 0.3 is 5.69 Å². The van der Waals surface area contributed by atoms with Crippen LogP contribution in [0.5, 0.6) is 0 Å². The summed E-state index contributed by atoms with van der Waals surface area (Å²) in [6.07, 6.45) is 4.63. The van der Waals surface area contributed by atoms with Crippen LogP contribution in [0.1, 0.15) is 18.9 Å². The van der Waals surface area contributed by atoms with Gasteiger partial charge < -0.3 is 4.98 Å². The van der Waals surface area contributed by atoms with Gasteiger partial charge in [-0.15, -0.1) is 0 Å². The van der Waals surface area contributed by atoms with E-state index >= 15 is 0 Å². The third-order valence-electron chi connectivity index (χ3n) is 2.66. The summed E-state index contributed by atoms with van der Waals surface area (Å²) < 4.78 is 0. The number of H-pyrrole nitrogens is 2. The highest BCUT2D eigenvalue weighted by molar-refractivity contribution is 8.13. The number of thioether (sulfide) groups is 1. The van der Waals surface area contributed by atoms with Crippen LogP contribution in [-0.2, 0) is 4.79 Å². The number of aromatic nitrogens is 2. The monoisotopic (exact) mass is 290 g/mol. The van der Waals surface area contributed by atoms with Gasteiger partial charge in [-0.05, 0) is 24.1 Å². The van der Waals surface area contributed by atoms with Gasteiger partial charge in [0.1, 0.15) is 0 Å². The lowest BCUT2D eigenvalue weighted by Crippen LogP contribution is -2.21.